The van der Waals surface area contributed by atoms with E-state index in [1.807, 2.05) is 0 Å². The van der Waals surface area contributed by atoms with E-state index >= 15 is 0 Å². The van der Waals surface area contributed by atoms with Gasteiger partial charge < -0.3 is 15.5 Å². The summed E-state index contributed by atoms with van der Waals surface area (Å²) in [6.45, 7) is 1.04. The summed E-state index contributed by atoms with van der Waals surface area (Å²) in [5.41, 5.74) is 0.364. The molecule has 1 saturated carbocycles. The van der Waals surface area contributed by atoms with Gasteiger partial charge in [-0.3, -0.25) is 0 Å². The number of hydrogen-bond donors (Lipinski definition) is 2. The lowest BCUT2D eigenvalue weighted by Crippen LogP contribution is -2.60. The number of piperidine rings is 1. The summed E-state index contributed by atoms with van der Waals surface area (Å²) in [5, 5.41) is 6.69. The smallest absolute Gasteiger partial charge is 0.317 e. The zero-order valence-corrected chi connectivity index (χ0v) is 9.68. The average Bonchev–Trinajstić information content (AvgIpc) is 2.15. The number of carbonyl (C=O) groups excluding carboxylic acids is 1. The van der Waals surface area contributed by atoms with Gasteiger partial charge in [0.1, 0.15) is 0 Å². The lowest BCUT2D eigenvalue weighted by Gasteiger charge is -2.48. The van der Waals surface area contributed by atoms with E-state index in [9.17, 15) is 4.79 Å². The van der Waals surface area contributed by atoms with Crippen LogP contribution in [0.4, 0.5) is 4.79 Å². The molecule has 86 valence electrons. The van der Waals surface area contributed by atoms with Crippen LogP contribution in [-0.4, -0.2) is 43.2 Å². The number of nitrogens with zero attached hydrogens (tertiary/aromatic N) is 1. The van der Waals surface area contributed by atoms with Crippen molar-refractivity contribution in [2.75, 3.05) is 20.6 Å². The quantitative estimate of drug-likeness (QED) is 0.678. The molecule has 0 bridgehead atoms. The Labute approximate surface area is 91.4 Å². The minimum absolute atomic E-state index is 0.0383. The van der Waals surface area contributed by atoms with Gasteiger partial charge in [0.05, 0.1) is 0 Å². The monoisotopic (exact) mass is 211 g/mol. The molecule has 1 saturated heterocycles. The van der Waals surface area contributed by atoms with Gasteiger partial charge in [-0.05, 0) is 38.6 Å². The fourth-order valence-electron chi connectivity index (χ4n) is 2.57. The van der Waals surface area contributed by atoms with Gasteiger partial charge in [-0.1, -0.05) is 0 Å². The van der Waals surface area contributed by atoms with E-state index in [0.29, 0.717) is 11.6 Å². The highest BCUT2D eigenvalue weighted by Gasteiger charge is 2.41. The van der Waals surface area contributed by atoms with Gasteiger partial charge in [0.15, 0.2) is 0 Å². The summed E-state index contributed by atoms with van der Waals surface area (Å²) in [7, 11) is 3.57. The molecular formula is C11H21N3O. The maximum atomic E-state index is 11.5. The van der Waals surface area contributed by atoms with Crippen LogP contribution in [0, 0.1) is 0 Å². The molecular weight excluding hydrogens is 190 g/mol. The van der Waals surface area contributed by atoms with Crippen LogP contribution in [0.25, 0.3) is 0 Å². The number of urea groups is 1. The van der Waals surface area contributed by atoms with Crippen molar-refractivity contribution in [3.63, 3.8) is 0 Å². The van der Waals surface area contributed by atoms with Crippen molar-refractivity contribution in [1.82, 2.24) is 15.5 Å². The van der Waals surface area contributed by atoms with Crippen LogP contribution in [0.3, 0.4) is 0 Å². The molecule has 0 aromatic carbocycles. The fraction of sp³-hybridized carbons (Fsp3) is 0.909. The number of nitrogens with one attached hydrogen (secondary N) is 2. The van der Waals surface area contributed by atoms with E-state index in [-0.39, 0.29) is 6.03 Å². The summed E-state index contributed by atoms with van der Waals surface area (Å²) >= 11 is 0. The average molecular weight is 211 g/mol. The molecule has 4 heteroatoms. The van der Waals surface area contributed by atoms with E-state index in [4.69, 9.17) is 0 Å². The van der Waals surface area contributed by atoms with E-state index < -0.39 is 0 Å². The summed E-state index contributed by atoms with van der Waals surface area (Å²) in [6.07, 6.45) is 6.05. The molecule has 0 radical (unpaired) electrons. The first-order valence-corrected chi connectivity index (χ1v) is 5.84. The van der Waals surface area contributed by atoms with Gasteiger partial charge >= 0.3 is 6.03 Å². The summed E-state index contributed by atoms with van der Waals surface area (Å²) in [4.78, 5) is 13.1. The van der Waals surface area contributed by atoms with Crippen LogP contribution in [0.2, 0.25) is 0 Å². The Morgan fingerprint density at radius 1 is 1.47 bits per heavy atom. The molecule has 2 N–H and O–H groups in total. The molecule has 0 aromatic rings. The highest BCUT2D eigenvalue weighted by molar-refractivity contribution is 5.73. The molecule has 2 fully saturated rings. The van der Waals surface area contributed by atoms with Crippen molar-refractivity contribution in [3.05, 3.63) is 0 Å². The zero-order valence-electron chi connectivity index (χ0n) is 9.68. The highest BCUT2D eigenvalue weighted by Crippen LogP contribution is 2.38. The van der Waals surface area contributed by atoms with Gasteiger partial charge in [0, 0.05) is 25.7 Å². The maximum absolute atomic E-state index is 11.5. The third kappa shape index (κ3) is 2.25. The van der Waals surface area contributed by atoms with Crippen molar-refractivity contribution in [3.8, 4) is 0 Å². The predicted octanol–water partition coefficient (Wildman–Crippen LogP) is 0.932. The predicted molar refractivity (Wildman–Crippen MR) is 59.8 cm³/mol. The molecule has 0 aromatic heterocycles. The van der Waals surface area contributed by atoms with Crippen LogP contribution in [0.5, 0.6) is 0 Å². The van der Waals surface area contributed by atoms with E-state index in [1.165, 1.54) is 19.3 Å². The summed E-state index contributed by atoms with van der Waals surface area (Å²) in [6, 6.07) is 0.401. The van der Waals surface area contributed by atoms with Crippen molar-refractivity contribution >= 4 is 6.03 Å². The van der Waals surface area contributed by atoms with E-state index in [1.54, 1.807) is 19.0 Å². The number of carbonyl (C=O) groups is 1. The van der Waals surface area contributed by atoms with Crippen LogP contribution < -0.4 is 10.6 Å². The molecule has 4 nitrogen and oxygen atoms in total. The molecule has 2 aliphatic rings. The SMILES string of the molecule is CN(C)C(=O)NC1CCNC2(CCC2)C1. The Morgan fingerprint density at radius 2 is 2.20 bits per heavy atom. The van der Waals surface area contributed by atoms with E-state index in [0.717, 1.165) is 19.4 Å². The lowest BCUT2D eigenvalue weighted by atomic mass is 9.70. The Kier molecular flexibility index (Phi) is 2.87. The first-order valence-electron chi connectivity index (χ1n) is 5.84. The van der Waals surface area contributed by atoms with Crippen LogP contribution in [0.15, 0.2) is 0 Å². The molecule has 1 unspecified atom stereocenters. The Balaban J connectivity index is 1.85. The lowest BCUT2D eigenvalue weighted by molar-refractivity contribution is 0.119. The second-order valence-corrected chi connectivity index (χ2v) is 5.09. The minimum atomic E-state index is 0.0383. The Morgan fingerprint density at radius 3 is 2.73 bits per heavy atom. The summed E-state index contributed by atoms with van der Waals surface area (Å²) < 4.78 is 0. The van der Waals surface area contributed by atoms with Gasteiger partial charge in [0.2, 0.25) is 0 Å². The molecule has 1 heterocycles. The third-order valence-corrected chi connectivity index (χ3v) is 3.67. The van der Waals surface area contributed by atoms with Crippen molar-refractivity contribution in [2.45, 2.75) is 43.7 Å². The van der Waals surface area contributed by atoms with E-state index in [2.05, 4.69) is 10.6 Å². The van der Waals surface area contributed by atoms with Gasteiger partial charge in [-0.15, -0.1) is 0 Å². The van der Waals surface area contributed by atoms with Crippen molar-refractivity contribution in [2.24, 2.45) is 0 Å². The van der Waals surface area contributed by atoms with Crippen molar-refractivity contribution in [1.29, 1.82) is 0 Å². The Hall–Kier alpha value is -0.770. The highest BCUT2D eigenvalue weighted by atomic mass is 16.2. The largest absolute Gasteiger partial charge is 0.335 e. The van der Waals surface area contributed by atoms with Crippen LogP contribution in [-0.2, 0) is 0 Å². The second-order valence-electron chi connectivity index (χ2n) is 5.09. The first kappa shape index (κ1) is 10.7. The molecule has 1 aliphatic heterocycles. The maximum Gasteiger partial charge on any atom is 0.317 e. The standard InChI is InChI=1S/C11H21N3O/c1-14(2)10(15)13-9-4-7-12-11(8-9)5-3-6-11/h9,12H,3-8H2,1-2H3,(H,13,15). The van der Waals surface area contributed by atoms with Gasteiger partial charge in [-0.25, -0.2) is 4.79 Å². The summed E-state index contributed by atoms with van der Waals surface area (Å²) in [5.74, 6) is 0. The zero-order chi connectivity index (χ0) is 10.9. The number of amides is 2. The van der Waals surface area contributed by atoms with Crippen molar-refractivity contribution < 1.29 is 4.79 Å². The van der Waals surface area contributed by atoms with Gasteiger partial charge in [0.25, 0.3) is 0 Å². The topological polar surface area (TPSA) is 44.4 Å². The number of hydrogen-bond acceptors (Lipinski definition) is 2. The molecule has 2 rings (SSSR count). The molecule has 1 atom stereocenters. The first-order chi connectivity index (χ1) is 7.11. The van der Waals surface area contributed by atoms with Gasteiger partial charge in [-0.2, -0.15) is 0 Å². The second kappa shape index (κ2) is 4.00. The molecule has 1 aliphatic carbocycles. The normalized spacial score (nSPS) is 28.3. The Bertz CT molecular complexity index is 248. The molecule has 1 spiro atoms. The molecule has 2 amide bonds. The molecule has 15 heavy (non-hydrogen) atoms. The minimum Gasteiger partial charge on any atom is -0.335 e. The fourth-order valence-corrected chi connectivity index (χ4v) is 2.57. The van der Waals surface area contributed by atoms with Crippen LogP contribution in [0.1, 0.15) is 32.1 Å². The third-order valence-electron chi connectivity index (χ3n) is 3.67. The van der Waals surface area contributed by atoms with Crippen LogP contribution >= 0.6 is 0 Å². The number of rotatable bonds is 1.